The van der Waals surface area contributed by atoms with Crippen molar-refractivity contribution in [1.29, 1.82) is 5.26 Å². The number of amides is 4. The van der Waals surface area contributed by atoms with Crippen LogP contribution in [-0.4, -0.2) is 75.6 Å². The number of nitriles is 1. The number of aliphatic hydroxyl groups is 1. The van der Waals surface area contributed by atoms with Crippen molar-refractivity contribution in [3.63, 3.8) is 0 Å². The number of anilines is 2. The molecule has 0 spiro atoms. The van der Waals surface area contributed by atoms with Crippen molar-refractivity contribution in [3.05, 3.63) is 70.0 Å². The molecule has 4 rings (SSSR count). The molecule has 1 aromatic heterocycles. The van der Waals surface area contributed by atoms with Gasteiger partial charge in [-0.15, -0.1) is 0 Å². The third kappa shape index (κ3) is 8.51. The third-order valence-electron chi connectivity index (χ3n) is 6.76. The molecule has 14 heteroatoms. The lowest BCUT2D eigenvalue weighted by Crippen LogP contribution is -2.55. The van der Waals surface area contributed by atoms with Crippen LogP contribution in [0.4, 0.5) is 21.0 Å². The summed E-state index contributed by atoms with van der Waals surface area (Å²) >= 11 is 0. The number of H-pyrrole nitrogens is 1. The summed E-state index contributed by atoms with van der Waals surface area (Å²) in [5.41, 5.74) is -0.834. The molecule has 2 aromatic carbocycles. The maximum atomic E-state index is 13.5. The molecule has 2 atom stereocenters. The van der Waals surface area contributed by atoms with Gasteiger partial charge in [0.15, 0.2) is 12.2 Å². The van der Waals surface area contributed by atoms with E-state index in [1.807, 2.05) is 6.07 Å². The molecule has 0 aliphatic carbocycles. The Labute approximate surface area is 270 Å². The molecular weight excluding hydrogens is 610 g/mol. The standard InChI is InChI=1S/C33H37N5O9/c1-32(2,3)46-30(43)38(31(44)47-33(4,5)6)18-20-16-21(11-10-19(20)17-34)35-28(41)26(40)27-29(42)37(14-15-45-27)24-9-7-8-23-22(24)12-13-25(39)36-23/h7-13,16,26-27,40H,14-15,18H2,1-6H3,(H,35,41)(H,36,39)/t26-,27-/m1/s1. The van der Waals surface area contributed by atoms with Gasteiger partial charge in [0.1, 0.15) is 11.2 Å². The summed E-state index contributed by atoms with van der Waals surface area (Å²) in [5.74, 6) is -1.64. The maximum absolute atomic E-state index is 13.5. The molecule has 0 unspecified atom stereocenters. The molecule has 2 heterocycles. The molecule has 1 fully saturated rings. The van der Waals surface area contributed by atoms with Gasteiger partial charge in [0.05, 0.1) is 36.0 Å². The Hall–Kier alpha value is -5.26. The van der Waals surface area contributed by atoms with Gasteiger partial charge in [-0.05, 0) is 83.5 Å². The fraction of sp³-hybridized carbons (Fsp3) is 0.394. The first kappa shape index (κ1) is 34.6. The smallest absolute Gasteiger partial charge is 0.420 e. The SMILES string of the molecule is CC(C)(C)OC(=O)N(Cc1cc(NC(=O)[C@H](O)[C@H]2OCCN(c3cccc4[nH]c(=O)ccc34)C2=O)ccc1C#N)C(=O)OC(C)(C)C. The number of hydrogen-bond acceptors (Lipinski definition) is 10. The summed E-state index contributed by atoms with van der Waals surface area (Å²) in [6.07, 6.45) is -5.49. The van der Waals surface area contributed by atoms with Crippen LogP contribution in [0.5, 0.6) is 0 Å². The van der Waals surface area contributed by atoms with Crippen LogP contribution in [0.15, 0.2) is 53.3 Å². The number of fused-ring (bicyclic) bond motifs is 1. The van der Waals surface area contributed by atoms with Crippen LogP contribution in [0, 0.1) is 11.3 Å². The van der Waals surface area contributed by atoms with Gasteiger partial charge < -0.3 is 34.5 Å². The minimum atomic E-state index is -1.93. The first-order valence-corrected chi connectivity index (χ1v) is 14.8. The van der Waals surface area contributed by atoms with Gasteiger partial charge in [-0.2, -0.15) is 5.26 Å². The Morgan fingerprint density at radius 2 is 1.72 bits per heavy atom. The fourth-order valence-electron chi connectivity index (χ4n) is 4.75. The van der Waals surface area contributed by atoms with Gasteiger partial charge >= 0.3 is 12.2 Å². The molecule has 4 amide bonds. The summed E-state index contributed by atoms with van der Waals surface area (Å²) in [4.78, 5) is 69.3. The van der Waals surface area contributed by atoms with E-state index in [1.54, 1.807) is 65.8 Å². The Kier molecular flexibility index (Phi) is 10.0. The molecule has 248 valence electrons. The molecule has 3 aromatic rings. The van der Waals surface area contributed by atoms with E-state index >= 15 is 0 Å². The van der Waals surface area contributed by atoms with Crippen molar-refractivity contribution in [3.8, 4) is 6.07 Å². The van der Waals surface area contributed by atoms with Crippen LogP contribution in [-0.2, 0) is 30.3 Å². The lowest BCUT2D eigenvalue weighted by molar-refractivity contribution is -0.150. The lowest BCUT2D eigenvalue weighted by Gasteiger charge is -2.34. The minimum Gasteiger partial charge on any atom is -0.443 e. The van der Waals surface area contributed by atoms with E-state index in [-0.39, 0.29) is 35.5 Å². The molecule has 1 aliphatic heterocycles. The van der Waals surface area contributed by atoms with Gasteiger partial charge in [0, 0.05) is 23.7 Å². The summed E-state index contributed by atoms with van der Waals surface area (Å²) in [7, 11) is 0. The fourth-order valence-corrected chi connectivity index (χ4v) is 4.75. The Morgan fingerprint density at radius 1 is 1.06 bits per heavy atom. The summed E-state index contributed by atoms with van der Waals surface area (Å²) in [6, 6.07) is 14.1. The van der Waals surface area contributed by atoms with Gasteiger partial charge in [-0.25, -0.2) is 14.5 Å². The largest absolute Gasteiger partial charge is 0.443 e. The summed E-state index contributed by atoms with van der Waals surface area (Å²) in [6.45, 7) is 9.51. The topological polar surface area (TPSA) is 191 Å². The van der Waals surface area contributed by atoms with E-state index in [0.717, 1.165) is 0 Å². The molecule has 3 N–H and O–H groups in total. The molecule has 0 bridgehead atoms. The number of nitrogens with zero attached hydrogens (tertiary/aromatic N) is 3. The normalized spacial score (nSPS) is 15.8. The van der Waals surface area contributed by atoms with E-state index in [4.69, 9.17) is 14.2 Å². The molecule has 1 saturated heterocycles. The average Bonchev–Trinajstić information content (AvgIpc) is 2.97. The number of benzene rings is 2. The number of aromatic nitrogens is 1. The van der Waals surface area contributed by atoms with E-state index in [2.05, 4.69) is 10.3 Å². The molecule has 0 saturated carbocycles. The summed E-state index contributed by atoms with van der Waals surface area (Å²) < 4.78 is 16.3. The quantitative estimate of drug-likeness (QED) is 0.355. The summed E-state index contributed by atoms with van der Waals surface area (Å²) in [5, 5.41) is 23.8. The first-order chi connectivity index (χ1) is 22.0. The Morgan fingerprint density at radius 3 is 2.34 bits per heavy atom. The van der Waals surface area contributed by atoms with Crippen LogP contribution in [0.1, 0.15) is 52.7 Å². The number of pyridine rings is 1. The molecule has 14 nitrogen and oxygen atoms in total. The molecular formula is C33H37N5O9. The molecule has 0 radical (unpaired) electrons. The number of imide groups is 1. The van der Waals surface area contributed by atoms with E-state index in [1.165, 1.54) is 29.2 Å². The second-order valence-electron chi connectivity index (χ2n) is 12.8. The number of carbonyl (C=O) groups is 4. The highest BCUT2D eigenvalue weighted by Crippen LogP contribution is 2.28. The zero-order chi connectivity index (χ0) is 34.7. The van der Waals surface area contributed by atoms with Crippen LogP contribution >= 0.6 is 0 Å². The third-order valence-corrected chi connectivity index (χ3v) is 6.76. The van der Waals surface area contributed by atoms with Gasteiger partial charge in [-0.1, -0.05) is 6.07 Å². The zero-order valence-electron chi connectivity index (χ0n) is 26.9. The number of hydrogen-bond donors (Lipinski definition) is 3. The van der Waals surface area contributed by atoms with Crippen molar-refractivity contribution in [1.82, 2.24) is 9.88 Å². The van der Waals surface area contributed by atoms with Crippen molar-refractivity contribution < 1.29 is 38.5 Å². The Balaban J connectivity index is 1.55. The lowest BCUT2D eigenvalue weighted by atomic mass is 10.1. The molecule has 47 heavy (non-hydrogen) atoms. The highest BCUT2D eigenvalue weighted by atomic mass is 16.6. The van der Waals surface area contributed by atoms with Crippen LogP contribution in [0.2, 0.25) is 0 Å². The number of carbonyl (C=O) groups excluding carboxylic acids is 4. The van der Waals surface area contributed by atoms with Crippen LogP contribution < -0.4 is 15.8 Å². The Bertz CT molecular complexity index is 1770. The predicted molar refractivity (Wildman–Crippen MR) is 170 cm³/mol. The van der Waals surface area contributed by atoms with E-state index in [9.17, 15) is 34.3 Å². The first-order valence-electron chi connectivity index (χ1n) is 14.8. The number of nitrogens with one attached hydrogen (secondary N) is 2. The van der Waals surface area contributed by atoms with Gasteiger partial charge in [-0.3, -0.25) is 14.4 Å². The highest BCUT2D eigenvalue weighted by molar-refractivity contribution is 6.07. The minimum absolute atomic E-state index is 0.0205. The zero-order valence-corrected chi connectivity index (χ0v) is 26.9. The van der Waals surface area contributed by atoms with Crippen molar-refractivity contribution in [2.45, 2.75) is 71.5 Å². The van der Waals surface area contributed by atoms with Crippen molar-refractivity contribution in [2.75, 3.05) is 23.4 Å². The number of aromatic amines is 1. The predicted octanol–water partition coefficient (Wildman–Crippen LogP) is 3.80. The highest BCUT2D eigenvalue weighted by Gasteiger charge is 2.40. The second kappa shape index (κ2) is 13.6. The van der Waals surface area contributed by atoms with Crippen molar-refractivity contribution in [2.24, 2.45) is 0 Å². The van der Waals surface area contributed by atoms with Crippen LogP contribution in [0.3, 0.4) is 0 Å². The number of ether oxygens (including phenoxy) is 3. The van der Waals surface area contributed by atoms with Gasteiger partial charge in [0.2, 0.25) is 5.56 Å². The van der Waals surface area contributed by atoms with Crippen molar-refractivity contribution >= 4 is 46.3 Å². The number of rotatable bonds is 6. The maximum Gasteiger partial charge on any atom is 0.420 e. The number of aliphatic hydroxyl groups excluding tert-OH is 1. The molecule has 1 aliphatic rings. The second-order valence-corrected chi connectivity index (χ2v) is 12.8. The van der Waals surface area contributed by atoms with Crippen LogP contribution in [0.25, 0.3) is 10.9 Å². The van der Waals surface area contributed by atoms with E-state index < -0.39 is 54.0 Å². The van der Waals surface area contributed by atoms with E-state index in [0.29, 0.717) is 21.5 Å². The van der Waals surface area contributed by atoms with Gasteiger partial charge in [0.25, 0.3) is 11.8 Å². The number of morpholine rings is 1. The monoisotopic (exact) mass is 647 g/mol. The average molecular weight is 648 g/mol.